The van der Waals surface area contributed by atoms with Crippen LogP contribution in [0.25, 0.3) is 236 Å². The van der Waals surface area contributed by atoms with Gasteiger partial charge in [0.25, 0.3) is 0 Å². The Hall–Kier alpha value is -20.0. The summed E-state index contributed by atoms with van der Waals surface area (Å²) in [7, 11) is 0. The SMILES string of the molecule is c1cc(-c2ccncc2)cc(-c2nc(-c3cccc(-c4ccncc4)c3)nc(-c3cccc(-c4ccncc4)c3)n2)c1.c1ccc(-c2cccc(-c3cccc(-c4nc(-c5cccc(-c6cccc(-c7ccccn7)c6)c5)nc(-c5cccc(-c6cccc(-c7ccccn7)c6)c5)n4)c3)c2)nc1.c1cncc(-c2cccc(-c3nc(-c4cccc(-c5cccnc5)c4)nc(-c4cccc(-c5cccnc5)c4)n3)c2)c1. The van der Waals surface area contributed by atoms with Gasteiger partial charge in [0, 0.05) is 176 Å². The third-order valence-electron chi connectivity index (χ3n) is 24.5. The van der Waals surface area contributed by atoms with Gasteiger partial charge >= 0.3 is 0 Å². The first-order valence-electron chi connectivity index (χ1n) is 47.0. The summed E-state index contributed by atoms with van der Waals surface area (Å²) in [5.74, 6) is 5.37. The van der Waals surface area contributed by atoms with Crippen molar-refractivity contribution in [1.29, 1.82) is 0 Å². The number of hydrogen-bond acceptors (Lipinski definition) is 18. The van der Waals surface area contributed by atoms with Gasteiger partial charge < -0.3 is 0 Å². The van der Waals surface area contributed by atoms with Gasteiger partial charge in [-0.2, -0.15) is 0 Å². The van der Waals surface area contributed by atoms with Gasteiger partial charge in [-0.15, -0.1) is 0 Å². The second-order valence-electron chi connectivity index (χ2n) is 34.0. The van der Waals surface area contributed by atoms with Gasteiger partial charge in [-0.3, -0.25) is 44.9 Å². The van der Waals surface area contributed by atoms with Crippen LogP contribution in [0.3, 0.4) is 0 Å². The Morgan fingerprint density at radius 2 is 0.257 bits per heavy atom. The molecule has 12 aromatic heterocycles. The molecule has 0 saturated carbocycles. The molecule has 12 heterocycles. The van der Waals surface area contributed by atoms with Crippen molar-refractivity contribution in [2.75, 3.05) is 0 Å². The van der Waals surface area contributed by atoms with Crippen molar-refractivity contribution < 1.29 is 0 Å². The van der Waals surface area contributed by atoms with E-state index in [2.05, 4.69) is 263 Å². The van der Waals surface area contributed by atoms with E-state index in [4.69, 9.17) is 44.9 Å². The Bertz CT molecular complexity index is 7500. The molecule has 144 heavy (non-hydrogen) atoms. The topological polar surface area (TPSA) is 232 Å². The third kappa shape index (κ3) is 21.0. The largest absolute Gasteiger partial charge is 0.265 e. The average molecular weight is 1850 g/mol. The molecule has 0 fully saturated rings. The summed E-state index contributed by atoms with van der Waals surface area (Å²) in [6.07, 6.45) is 27.2. The van der Waals surface area contributed by atoms with Gasteiger partial charge in [0.1, 0.15) is 0 Å². The first kappa shape index (κ1) is 89.2. The molecule has 0 saturated heterocycles. The van der Waals surface area contributed by atoms with E-state index < -0.39 is 0 Å². The second-order valence-corrected chi connectivity index (χ2v) is 34.0. The zero-order valence-corrected chi connectivity index (χ0v) is 77.5. The van der Waals surface area contributed by atoms with Crippen LogP contribution in [0.5, 0.6) is 0 Å². The van der Waals surface area contributed by atoms with Crippen LogP contribution in [0.2, 0.25) is 0 Å². The van der Waals surface area contributed by atoms with E-state index >= 15 is 0 Å². The number of benzene rings is 12. The average Bonchev–Trinajstić information content (AvgIpc) is 0.794. The lowest BCUT2D eigenvalue weighted by Gasteiger charge is -2.12. The molecule has 0 bridgehead atoms. The zero-order valence-electron chi connectivity index (χ0n) is 77.5. The minimum atomic E-state index is 0.586. The molecule has 0 aliphatic carbocycles. The Balaban J connectivity index is 0.000000126. The molecule has 0 amide bonds. The van der Waals surface area contributed by atoms with Gasteiger partial charge in [0.05, 0.1) is 17.1 Å². The fourth-order valence-corrected chi connectivity index (χ4v) is 17.2. The Kier molecular flexibility index (Phi) is 26.2. The maximum absolute atomic E-state index is 5.18. The molecule has 18 nitrogen and oxygen atoms in total. The maximum atomic E-state index is 5.18. The molecule has 0 unspecified atom stereocenters. The molecule has 0 radical (unpaired) electrons. The first-order chi connectivity index (χ1) is 71.3. The van der Waals surface area contributed by atoms with Crippen LogP contribution >= 0.6 is 0 Å². The van der Waals surface area contributed by atoms with Crippen LogP contribution in [-0.2, 0) is 0 Å². The van der Waals surface area contributed by atoms with Crippen molar-refractivity contribution in [2.45, 2.75) is 0 Å². The minimum absolute atomic E-state index is 0.586. The van der Waals surface area contributed by atoms with E-state index in [0.29, 0.717) is 52.4 Å². The highest BCUT2D eigenvalue weighted by molar-refractivity contribution is 5.84. The van der Waals surface area contributed by atoms with E-state index in [0.717, 1.165) is 184 Å². The van der Waals surface area contributed by atoms with Crippen molar-refractivity contribution in [3.63, 3.8) is 0 Å². The van der Waals surface area contributed by atoms with E-state index in [-0.39, 0.29) is 0 Å². The Labute approximate surface area is 832 Å². The highest BCUT2D eigenvalue weighted by Crippen LogP contribution is 2.40. The molecule has 18 heteroatoms. The summed E-state index contributed by atoms with van der Waals surface area (Å²) in [4.78, 5) is 84.6. The van der Waals surface area contributed by atoms with Crippen molar-refractivity contribution in [1.82, 2.24) is 89.7 Å². The third-order valence-corrected chi connectivity index (χ3v) is 24.5. The Morgan fingerprint density at radius 1 is 0.0972 bits per heavy atom. The van der Waals surface area contributed by atoms with Crippen molar-refractivity contribution in [2.24, 2.45) is 0 Å². The molecular formula is C126H84N18. The van der Waals surface area contributed by atoms with Crippen LogP contribution in [0, 0.1) is 0 Å². The summed E-state index contributed by atoms with van der Waals surface area (Å²) < 4.78 is 0. The van der Waals surface area contributed by atoms with Gasteiger partial charge in [0.2, 0.25) is 0 Å². The number of rotatable bonds is 21. The summed E-state index contributed by atoms with van der Waals surface area (Å²) >= 11 is 0. The lowest BCUT2D eigenvalue weighted by molar-refractivity contribution is 1.07. The quantitative estimate of drug-likeness (QED) is 0.0650. The van der Waals surface area contributed by atoms with E-state index in [1.807, 2.05) is 237 Å². The predicted molar refractivity (Wildman–Crippen MR) is 574 cm³/mol. The molecule has 0 aliphatic rings. The number of hydrogen-bond donors (Lipinski definition) is 0. The van der Waals surface area contributed by atoms with Crippen molar-refractivity contribution in [3.8, 4) is 236 Å². The van der Waals surface area contributed by atoms with Crippen LogP contribution in [-0.4, -0.2) is 89.7 Å². The van der Waals surface area contributed by atoms with Crippen LogP contribution in [0.15, 0.2) is 512 Å². The van der Waals surface area contributed by atoms with E-state index in [1.165, 1.54) is 0 Å². The second kappa shape index (κ2) is 42.3. The van der Waals surface area contributed by atoms with Crippen LogP contribution in [0.4, 0.5) is 0 Å². The fourth-order valence-electron chi connectivity index (χ4n) is 17.2. The minimum Gasteiger partial charge on any atom is -0.265 e. The van der Waals surface area contributed by atoms with Crippen LogP contribution in [0.1, 0.15) is 0 Å². The highest BCUT2D eigenvalue weighted by atomic mass is 15.1. The summed E-state index contributed by atoms with van der Waals surface area (Å²) in [5.41, 5.74) is 33.1. The van der Waals surface area contributed by atoms with Gasteiger partial charge in [0.15, 0.2) is 52.4 Å². The number of aromatic nitrogens is 18. The van der Waals surface area contributed by atoms with Gasteiger partial charge in [-0.05, 0) is 247 Å². The van der Waals surface area contributed by atoms with Gasteiger partial charge in [-0.1, -0.05) is 255 Å². The normalized spacial score (nSPS) is 10.9. The zero-order chi connectivity index (χ0) is 96.4. The molecule has 678 valence electrons. The van der Waals surface area contributed by atoms with Crippen molar-refractivity contribution in [3.05, 3.63) is 512 Å². The monoisotopic (exact) mass is 1850 g/mol. The van der Waals surface area contributed by atoms with E-state index in [1.54, 1.807) is 55.8 Å². The predicted octanol–water partition coefficient (Wildman–Crippen LogP) is 29.2. The lowest BCUT2D eigenvalue weighted by atomic mass is 9.98. The van der Waals surface area contributed by atoms with Gasteiger partial charge in [-0.25, -0.2) is 44.9 Å². The van der Waals surface area contributed by atoms with Crippen LogP contribution < -0.4 is 0 Å². The standard InChI is InChI=1S/C54H36N6.2C36H24N6/c1-4-28-55-49(25-1)43-19-7-13-37(31-43)40-16-10-22-46(34-40)52-58-53(47-23-11-17-41(35-47)38-14-8-20-44(32-38)50-26-2-5-29-56-50)60-54(59-52)48-24-12-18-42(36-48)39-15-9-21-45(33-39)51-27-3-6-30-57-51;1-7-25(31-13-4-16-37-22-31)19-28(10-1)34-40-35(29-11-2-8-26(20-29)32-14-5-17-38-23-32)42-36(41-34)30-12-3-9-27(21-30)33-15-6-18-39-24-33;1-4-28(25-10-16-37-17-11-25)22-31(7-1)34-40-35(32-8-2-5-29(23-32)26-12-18-38-19-13-26)42-36(41-34)33-9-3-6-30(24-33)27-14-20-39-21-15-27/h1-36H;2*1-24H. The van der Waals surface area contributed by atoms with E-state index in [9.17, 15) is 0 Å². The molecule has 0 spiro atoms. The number of pyridine rings is 9. The summed E-state index contributed by atoms with van der Waals surface area (Å²) in [6.45, 7) is 0. The molecule has 24 rings (SSSR count). The summed E-state index contributed by atoms with van der Waals surface area (Å²) in [6, 6.07) is 142. The summed E-state index contributed by atoms with van der Waals surface area (Å²) in [5, 5.41) is 0. The van der Waals surface area contributed by atoms with Crippen molar-refractivity contribution >= 4 is 0 Å². The molecule has 0 N–H and O–H groups in total. The molecule has 24 aromatic rings. The molecule has 12 aromatic carbocycles. The lowest BCUT2D eigenvalue weighted by Crippen LogP contribution is -2.00. The first-order valence-corrected chi connectivity index (χ1v) is 47.0. The molecule has 0 aliphatic heterocycles. The molecular weight excluding hydrogens is 1770 g/mol. The number of nitrogens with zero attached hydrogens (tertiary/aromatic N) is 18. The highest BCUT2D eigenvalue weighted by Gasteiger charge is 2.22. The molecule has 0 atom stereocenters. The Morgan fingerprint density at radius 3 is 0.431 bits per heavy atom. The maximum Gasteiger partial charge on any atom is 0.164 e. The smallest absolute Gasteiger partial charge is 0.164 e. The fraction of sp³-hybridized carbons (Fsp3) is 0.